The Hall–Kier alpha value is -2.56. The first-order valence-electron chi connectivity index (χ1n) is 8.80. The molecule has 1 aromatic heterocycles. The quantitative estimate of drug-likeness (QED) is 0.900. The third-order valence-corrected chi connectivity index (χ3v) is 5.44. The van der Waals surface area contributed by atoms with Crippen LogP contribution in [0.15, 0.2) is 41.2 Å². The molecular formula is C20H22N2O3. The molecule has 0 spiro atoms. The zero-order valence-electron chi connectivity index (χ0n) is 14.3. The van der Waals surface area contributed by atoms with Gasteiger partial charge in [-0.1, -0.05) is 12.1 Å². The monoisotopic (exact) mass is 338 g/mol. The van der Waals surface area contributed by atoms with E-state index in [9.17, 15) is 9.59 Å². The molecule has 1 unspecified atom stereocenters. The van der Waals surface area contributed by atoms with E-state index in [0.717, 1.165) is 54.7 Å². The predicted molar refractivity (Wildman–Crippen MR) is 94.8 cm³/mol. The Morgan fingerprint density at radius 1 is 1.28 bits per heavy atom. The first-order chi connectivity index (χ1) is 12.1. The largest absolute Gasteiger partial charge is 0.497 e. The van der Waals surface area contributed by atoms with Crippen molar-refractivity contribution >= 4 is 5.91 Å². The Kier molecular flexibility index (Phi) is 3.86. The van der Waals surface area contributed by atoms with Crippen molar-refractivity contribution in [2.75, 3.05) is 7.11 Å². The van der Waals surface area contributed by atoms with Crippen LogP contribution in [-0.2, 0) is 16.6 Å². The van der Waals surface area contributed by atoms with Gasteiger partial charge in [-0.3, -0.25) is 9.59 Å². The molecule has 5 nitrogen and oxygen atoms in total. The third kappa shape index (κ3) is 2.84. The van der Waals surface area contributed by atoms with Crippen LogP contribution in [0.4, 0.5) is 0 Å². The number of fused-ring (bicyclic) bond motifs is 1. The molecule has 0 radical (unpaired) electrons. The number of carbonyl (C=O) groups excluding carboxylic acids is 1. The molecule has 2 aliphatic rings. The van der Waals surface area contributed by atoms with Gasteiger partial charge in [-0.25, -0.2) is 0 Å². The molecular weight excluding hydrogens is 316 g/mol. The number of methoxy groups -OCH3 is 1. The van der Waals surface area contributed by atoms with Gasteiger partial charge < -0.3 is 15.0 Å². The number of nitrogens with one attached hydrogen (secondary N) is 2. The molecule has 2 aromatic rings. The second-order valence-corrected chi connectivity index (χ2v) is 6.99. The Labute approximate surface area is 146 Å². The summed E-state index contributed by atoms with van der Waals surface area (Å²) < 4.78 is 5.30. The number of carbonyl (C=O) groups is 1. The third-order valence-electron chi connectivity index (χ3n) is 5.44. The van der Waals surface area contributed by atoms with Gasteiger partial charge in [-0.05, 0) is 61.4 Å². The number of H-pyrrole nitrogens is 1. The molecule has 1 heterocycles. The van der Waals surface area contributed by atoms with Gasteiger partial charge in [0.25, 0.3) is 0 Å². The fourth-order valence-electron chi connectivity index (χ4n) is 3.84. The van der Waals surface area contributed by atoms with Gasteiger partial charge in [0.1, 0.15) is 5.75 Å². The van der Waals surface area contributed by atoms with Gasteiger partial charge in [0, 0.05) is 11.8 Å². The molecule has 4 rings (SSSR count). The smallest absolute Gasteiger partial charge is 0.248 e. The molecule has 1 atom stereocenters. The molecule has 0 saturated heterocycles. The van der Waals surface area contributed by atoms with Gasteiger partial charge in [0.05, 0.1) is 18.6 Å². The fourth-order valence-corrected chi connectivity index (χ4v) is 3.84. The number of aryl methyl sites for hydroxylation is 1. The van der Waals surface area contributed by atoms with Crippen LogP contribution in [0, 0.1) is 0 Å². The van der Waals surface area contributed by atoms with E-state index >= 15 is 0 Å². The maximum Gasteiger partial charge on any atom is 0.248 e. The Bertz CT molecular complexity index is 867. The summed E-state index contributed by atoms with van der Waals surface area (Å²) in [5, 5.41) is 3.23. The summed E-state index contributed by atoms with van der Waals surface area (Å²) in [6, 6.07) is 11.1. The minimum Gasteiger partial charge on any atom is -0.497 e. The highest BCUT2D eigenvalue weighted by Gasteiger charge is 2.51. The molecule has 0 bridgehead atoms. The molecule has 1 fully saturated rings. The molecule has 25 heavy (non-hydrogen) atoms. The lowest BCUT2D eigenvalue weighted by atomic mass is 9.89. The molecule has 0 aliphatic heterocycles. The Morgan fingerprint density at radius 2 is 2.12 bits per heavy atom. The topological polar surface area (TPSA) is 71.2 Å². The van der Waals surface area contributed by atoms with Crippen molar-refractivity contribution in [3.8, 4) is 5.75 Å². The van der Waals surface area contributed by atoms with Crippen molar-refractivity contribution in [1.29, 1.82) is 0 Å². The summed E-state index contributed by atoms with van der Waals surface area (Å²) >= 11 is 0. The number of rotatable bonds is 4. The molecule has 1 amide bonds. The number of ether oxygens (including phenoxy) is 1. The number of aromatic amines is 1. The highest BCUT2D eigenvalue weighted by molar-refractivity contribution is 5.91. The van der Waals surface area contributed by atoms with Crippen molar-refractivity contribution < 1.29 is 9.53 Å². The number of aromatic nitrogens is 1. The summed E-state index contributed by atoms with van der Waals surface area (Å²) in [5.41, 5.74) is 2.49. The van der Waals surface area contributed by atoms with E-state index in [0.29, 0.717) is 0 Å². The van der Waals surface area contributed by atoms with Gasteiger partial charge in [0.15, 0.2) is 0 Å². The van der Waals surface area contributed by atoms with Crippen LogP contribution in [0.2, 0.25) is 0 Å². The maximum absolute atomic E-state index is 13.0. The molecule has 1 saturated carbocycles. The van der Waals surface area contributed by atoms with Crippen LogP contribution in [0.5, 0.6) is 5.75 Å². The minimum atomic E-state index is -0.436. The minimum absolute atomic E-state index is 0.0313. The molecule has 1 aromatic carbocycles. The van der Waals surface area contributed by atoms with Crippen molar-refractivity contribution in [3.05, 3.63) is 63.6 Å². The van der Waals surface area contributed by atoms with Crippen LogP contribution >= 0.6 is 0 Å². The lowest BCUT2D eigenvalue weighted by molar-refractivity contribution is -0.124. The number of benzene rings is 1. The average molecular weight is 338 g/mol. The SMILES string of the molecule is COc1cccc(C2(C(=O)NC3CCCc4[nH]c(=O)ccc43)CC2)c1. The van der Waals surface area contributed by atoms with Crippen LogP contribution in [0.3, 0.4) is 0 Å². The van der Waals surface area contributed by atoms with Crippen molar-refractivity contribution in [2.45, 2.75) is 43.6 Å². The number of amides is 1. The number of pyridine rings is 1. The van der Waals surface area contributed by atoms with E-state index < -0.39 is 5.41 Å². The Balaban J connectivity index is 1.58. The van der Waals surface area contributed by atoms with Crippen LogP contribution in [0.25, 0.3) is 0 Å². The number of hydrogen-bond donors (Lipinski definition) is 2. The summed E-state index contributed by atoms with van der Waals surface area (Å²) in [6.45, 7) is 0. The van der Waals surface area contributed by atoms with E-state index in [1.807, 2.05) is 30.3 Å². The lowest BCUT2D eigenvalue weighted by Crippen LogP contribution is -2.39. The van der Waals surface area contributed by atoms with E-state index in [2.05, 4.69) is 10.3 Å². The van der Waals surface area contributed by atoms with Crippen molar-refractivity contribution in [2.24, 2.45) is 0 Å². The highest BCUT2D eigenvalue weighted by atomic mass is 16.5. The summed E-state index contributed by atoms with van der Waals surface area (Å²) in [7, 11) is 1.64. The first-order valence-corrected chi connectivity index (χ1v) is 8.80. The van der Waals surface area contributed by atoms with Crippen molar-refractivity contribution in [1.82, 2.24) is 10.3 Å². The Morgan fingerprint density at radius 3 is 2.88 bits per heavy atom. The van der Waals surface area contributed by atoms with E-state index in [-0.39, 0.29) is 17.5 Å². The lowest BCUT2D eigenvalue weighted by Gasteiger charge is -2.28. The van der Waals surface area contributed by atoms with Gasteiger partial charge in [-0.15, -0.1) is 0 Å². The zero-order valence-corrected chi connectivity index (χ0v) is 14.3. The second kappa shape index (κ2) is 6.06. The zero-order chi connectivity index (χ0) is 17.4. The number of hydrogen-bond acceptors (Lipinski definition) is 3. The van der Waals surface area contributed by atoms with E-state index in [1.54, 1.807) is 7.11 Å². The van der Waals surface area contributed by atoms with Crippen LogP contribution in [-0.4, -0.2) is 18.0 Å². The summed E-state index contributed by atoms with van der Waals surface area (Å²) in [4.78, 5) is 27.5. The molecule has 2 aliphatic carbocycles. The standard InChI is InChI=1S/C20H22N2O3/c1-25-14-5-2-4-13(12-14)20(10-11-20)19(24)22-17-7-3-6-16-15(17)8-9-18(23)21-16/h2,4-5,8-9,12,17H,3,6-7,10-11H2,1H3,(H,21,23)(H,22,24). The predicted octanol–water partition coefficient (Wildman–Crippen LogP) is 2.61. The second-order valence-electron chi connectivity index (χ2n) is 6.99. The van der Waals surface area contributed by atoms with Crippen LogP contribution < -0.4 is 15.6 Å². The fraction of sp³-hybridized carbons (Fsp3) is 0.400. The summed E-state index contributed by atoms with van der Waals surface area (Å²) in [6.07, 6.45) is 4.44. The van der Waals surface area contributed by atoms with Crippen LogP contribution in [0.1, 0.15) is 48.5 Å². The maximum atomic E-state index is 13.0. The first kappa shape index (κ1) is 15.9. The van der Waals surface area contributed by atoms with E-state index in [4.69, 9.17) is 4.74 Å². The average Bonchev–Trinajstić information content (AvgIpc) is 3.44. The highest BCUT2D eigenvalue weighted by Crippen LogP contribution is 2.49. The molecule has 5 heteroatoms. The van der Waals surface area contributed by atoms with Gasteiger partial charge in [0.2, 0.25) is 11.5 Å². The van der Waals surface area contributed by atoms with E-state index in [1.165, 1.54) is 6.07 Å². The molecule has 130 valence electrons. The van der Waals surface area contributed by atoms with Gasteiger partial charge >= 0.3 is 0 Å². The van der Waals surface area contributed by atoms with Crippen molar-refractivity contribution in [3.63, 3.8) is 0 Å². The molecule has 2 N–H and O–H groups in total. The normalized spacial score (nSPS) is 20.4. The van der Waals surface area contributed by atoms with Gasteiger partial charge in [-0.2, -0.15) is 0 Å². The summed E-state index contributed by atoms with van der Waals surface area (Å²) in [5.74, 6) is 0.849.